The molecule has 0 radical (unpaired) electrons. The van der Waals surface area contributed by atoms with E-state index in [4.69, 9.17) is 19.7 Å². The molecule has 0 saturated heterocycles. The van der Waals surface area contributed by atoms with E-state index >= 15 is 0 Å². The molecule has 3 aromatic rings. The molecular weight excluding hydrogens is 404 g/mol. The lowest BCUT2D eigenvalue weighted by atomic mass is 9.82. The van der Waals surface area contributed by atoms with Crippen LogP contribution in [0.15, 0.2) is 60.8 Å². The van der Waals surface area contributed by atoms with E-state index in [9.17, 15) is 4.79 Å². The van der Waals surface area contributed by atoms with E-state index in [1.807, 2.05) is 36.4 Å². The van der Waals surface area contributed by atoms with Crippen molar-refractivity contribution in [1.82, 2.24) is 9.78 Å². The first-order chi connectivity index (χ1) is 15.6. The van der Waals surface area contributed by atoms with Crippen LogP contribution in [0.3, 0.4) is 0 Å². The van der Waals surface area contributed by atoms with Crippen LogP contribution in [0.25, 0.3) is 22.4 Å². The smallest absolute Gasteiger partial charge is 0.329 e. The van der Waals surface area contributed by atoms with Crippen LogP contribution in [0.1, 0.15) is 25.7 Å². The lowest BCUT2D eigenvalue weighted by molar-refractivity contribution is -0.142. The molecule has 0 bridgehead atoms. The number of methoxy groups -OCH3 is 1. The summed E-state index contributed by atoms with van der Waals surface area (Å²) in [5, 5.41) is 13.7. The summed E-state index contributed by atoms with van der Waals surface area (Å²) in [5.74, 6) is 0.940. The zero-order chi connectivity index (χ0) is 22.3. The second-order valence-corrected chi connectivity index (χ2v) is 8.48. The largest absolute Gasteiger partial charge is 0.496 e. The number of ether oxygens (including phenoxy) is 2. The summed E-state index contributed by atoms with van der Waals surface area (Å²) in [7, 11) is 1.70. The van der Waals surface area contributed by atoms with Gasteiger partial charge >= 0.3 is 5.97 Å². The minimum Gasteiger partial charge on any atom is -0.496 e. The summed E-state index contributed by atoms with van der Waals surface area (Å²) in [6, 6.07) is 18.3. The first-order valence-corrected chi connectivity index (χ1v) is 11.2. The average Bonchev–Trinajstić information content (AvgIpc) is 3.24. The Bertz CT molecular complexity index is 1020. The highest BCUT2D eigenvalue weighted by Gasteiger charge is 2.23. The van der Waals surface area contributed by atoms with Crippen LogP contribution in [-0.4, -0.2) is 41.2 Å². The fourth-order valence-corrected chi connectivity index (χ4v) is 4.55. The SMILES string of the molecule is COc1ccccc1-c1cn(C[C@H]2CC[C@H](COCC(=O)O)CC2)nc1-c1ccccc1. The van der Waals surface area contributed by atoms with Crippen molar-refractivity contribution in [2.45, 2.75) is 32.2 Å². The van der Waals surface area contributed by atoms with Crippen molar-refractivity contribution >= 4 is 5.97 Å². The van der Waals surface area contributed by atoms with Crippen LogP contribution in [0, 0.1) is 11.8 Å². The van der Waals surface area contributed by atoms with E-state index in [1.165, 1.54) is 0 Å². The summed E-state index contributed by atoms with van der Waals surface area (Å²) >= 11 is 0. The molecule has 0 aliphatic heterocycles. The van der Waals surface area contributed by atoms with Crippen LogP contribution >= 0.6 is 0 Å². The molecule has 1 aliphatic carbocycles. The number of carbonyl (C=O) groups is 1. The van der Waals surface area contributed by atoms with Gasteiger partial charge in [0.05, 0.1) is 13.7 Å². The molecule has 4 rings (SSSR count). The van der Waals surface area contributed by atoms with Gasteiger partial charge in [0, 0.05) is 29.4 Å². The highest BCUT2D eigenvalue weighted by molar-refractivity contribution is 5.83. The number of nitrogens with zero attached hydrogens (tertiary/aromatic N) is 2. The Hall–Kier alpha value is -3.12. The zero-order valence-corrected chi connectivity index (χ0v) is 18.4. The number of para-hydroxylation sites is 1. The maximum Gasteiger partial charge on any atom is 0.329 e. The van der Waals surface area contributed by atoms with Crippen molar-refractivity contribution in [3.8, 4) is 28.1 Å². The second kappa shape index (κ2) is 10.5. The normalized spacial score (nSPS) is 18.4. The second-order valence-electron chi connectivity index (χ2n) is 8.48. The van der Waals surface area contributed by atoms with Gasteiger partial charge in [0.1, 0.15) is 18.1 Å². The Morgan fingerprint density at radius 1 is 1.00 bits per heavy atom. The Labute approximate surface area is 188 Å². The van der Waals surface area contributed by atoms with Crippen LogP contribution in [0.2, 0.25) is 0 Å². The van der Waals surface area contributed by atoms with Crippen molar-refractivity contribution in [2.24, 2.45) is 11.8 Å². The third-order valence-electron chi connectivity index (χ3n) is 6.20. The minimum atomic E-state index is -0.905. The van der Waals surface area contributed by atoms with Crippen molar-refractivity contribution in [2.75, 3.05) is 20.3 Å². The molecule has 168 valence electrons. The van der Waals surface area contributed by atoms with Gasteiger partial charge in [0.25, 0.3) is 0 Å². The molecule has 1 aromatic heterocycles. The summed E-state index contributed by atoms with van der Waals surface area (Å²) in [6.07, 6.45) is 6.48. The van der Waals surface area contributed by atoms with Gasteiger partial charge in [-0.25, -0.2) is 4.79 Å². The minimum absolute atomic E-state index is 0.207. The lowest BCUT2D eigenvalue weighted by Crippen LogP contribution is -2.23. The van der Waals surface area contributed by atoms with Crippen LogP contribution in [0.4, 0.5) is 0 Å². The molecule has 2 aromatic carbocycles. The molecular formula is C26H30N2O4. The maximum absolute atomic E-state index is 10.6. The molecule has 1 aliphatic rings. The van der Waals surface area contributed by atoms with Gasteiger partial charge in [-0.2, -0.15) is 5.10 Å². The van der Waals surface area contributed by atoms with Gasteiger partial charge in [-0.15, -0.1) is 0 Å². The standard InChI is InChI=1S/C26H30N2O4/c1-31-24-10-6-5-9-22(24)23-16-28(27-26(23)21-7-3-2-4-8-21)15-19-11-13-20(14-12-19)17-32-18-25(29)30/h2-10,16,19-20H,11-15,17-18H2,1H3,(H,29,30)/t19-,20-. The van der Waals surface area contributed by atoms with Crippen molar-refractivity contribution in [3.05, 3.63) is 60.8 Å². The van der Waals surface area contributed by atoms with Crippen molar-refractivity contribution in [3.63, 3.8) is 0 Å². The Morgan fingerprint density at radius 3 is 2.41 bits per heavy atom. The number of aliphatic carboxylic acids is 1. The van der Waals surface area contributed by atoms with E-state index in [-0.39, 0.29) is 6.61 Å². The number of rotatable bonds is 9. The molecule has 1 fully saturated rings. The predicted octanol–water partition coefficient (Wildman–Crippen LogP) is 5.13. The number of benzene rings is 2. The third-order valence-corrected chi connectivity index (χ3v) is 6.20. The molecule has 0 spiro atoms. The molecule has 1 N–H and O–H groups in total. The van der Waals surface area contributed by atoms with E-state index in [0.717, 1.165) is 60.4 Å². The number of aromatic nitrogens is 2. The van der Waals surface area contributed by atoms with Gasteiger partial charge in [0.2, 0.25) is 0 Å². The lowest BCUT2D eigenvalue weighted by Gasteiger charge is -2.28. The summed E-state index contributed by atoms with van der Waals surface area (Å²) in [5.41, 5.74) is 4.17. The molecule has 1 heterocycles. The molecule has 6 heteroatoms. The quantitative estimate of drug-likeness (QED) is 0.505. The number of carboxylic acid groups (broad SMARTS) is 1. The van der Waals surface area contributed by atoms with Gasteiger partial charge < -0.3 is 14.6 Å². The molecule has 0 unspecified atom stereocenters. The highest BCUT2D eigenvalue weighted by atomic mass is 16.5. The average molecular weight is 435 g/mol. The van der Waals surface area contributed by atoms with E-state index in [0.29, 0.717) is 18.4 Å². The molecule has 32 heavy (non-hydrogen) atoms. The van der Waals surface area contributed by atoms with Crippen LogP contribution < -0.4 is 4.74 Å². The first kappa shape index (κ1) is 22.1. The Kier molecular flexibility index (Phi) is 7.22. The molecule has 1 saturated carbocycles. The van der Waals surface area contributed by atoms with E-state index < -0.39 is 5.97 Å². The van der Waals surface area contributed by atoms with Gasteiger partial charge in [-0.1, -0.05) is 48.5 Å². The highest BCUT2D eigenvalue weighted by Crippen LogP contribution is 2.37. The summed E-state index contributed by atoms with van der Waals surface area (Å²) in [6.45, 7) is 1.20. The van der Waals surface area contributed by atoms with E-state index in [2.05, 4.69) is 29.1 Å². The van der Waals surface area contributed by atoms with E-state index in [1.54, 1.807) is 7.11 Å². The number of carboxylic acids is 1. The number of hydrogen-bond donors (Lipinski definition) is 1. The monoisotopic (exact) mass is 434 g/mol. The predicted molar refractivity (Wildman–Crippen MR) is 124 cm³/mol. The van der Waals surface area contributed by atoms with Crippen LogP contribution in [-0.2, 0) is 16.1 Å². The van der Waals surface area contributed by atoms with Gasteiger partial charge in [0.15, 0.2) is 0 Å². The van der Waals surface area contributed by atoms with Crippen molar-refractivity contribution < 1.29 is 19.4 Å². The topological polar surface area (TPSA) is 73.6 Å². The summed E-state index contributed by atoms with van der Waals surface area (Å²) in [4.78, 5) is 10.6. The zero-order valence-electron chi connectivity index (χ0n) is 18.4. The third kappa shape index (κ3) is 5.37. The number of hydrogen-bond acceptors (Lipinski definition) is 4. The van der Waals surface area contributed by atoms with Gasteiger partial charge in [-0.05, 0) is 43.6 Å². The van der Waals surface area contributed by atoms with Gasteiger partial charge in [-0.3, -0.25) is 4.68 Å². The Balaban J connectivity index is 1.50. The van der Waals surface area contributed by atoms with Crippen molar-refractivity contribution in [1.29, 1.82) is 0 Å². The fraction of sp³-hybridized carbons (Fsp3) is 0.385. The van der Waals surface area contributed by atoms with Crippen LogP contribution in [0.5, 0.6) is 5.75 Å². The summed E-state index contributed by atoms with van der Waals surface area (Å²) < 4.78 is 13.0. The molecule has 0 atom stereocenters. The molecule has 6 nitrogen and oxygen atoms in total. The maximum atomic E-state index is 10.6. The molecule has 0 amide bonds. The fourth-order valence-electron chi connectivity index (χ4n) is 4.55. The Morgan fingerprint density at radius 2 is 1.69 bits per heavy atom. The first-order valence-electron chi connectivity index (χ1n) is 11.2.